The van der Waals surface area contributed by atoms with Crippen LogP contribution in [0.25, 0.3) is 17.0 Å². The zero-order valence-corrected chi connectivity index (χ0v) is 13.7. The quantitative estimate of drug-likeness (QED) is 0.178. The van der Waals surface area contributed by atoms with Gasteiger partial charge in [0.05, 0.1) is 10.5 Å². The van der Waals surface area contributed by atoms with Gasteiger partial charge in [-0.2, -0.15) is 0 Å². The molecule has 130 valence electrons. The largest absolute Gasteiger partial charge is 0.423 e. The molecule has 7 heteroatoms. The Balaban J connectivity index is 1.81. The molecule has 0 saturated carbocycles. The predicted molar refractivity (Wildman–Crippen MR) is 95.0 cm³/mol. The number of nitro groups is 1. The van der Waals surface area contributed by atoms with Crippen LogP contribution in [-0.4, -0.2) is 10.9 Å². The molecule has 0 unspecified atom stereocenters. The van der Waals surface area contributed by atoms with Crippen molar-refractivity contribution in [1.29, 1.82) is 0 Å². The highest BCUT2D eigenvalue weighted by Gasteiger charge is 2.11. The lowest BCUT2D eigenvalue weighted by Crippen LogP contribution is -2.04. The van der Waals surface area contributed by atoms with E-state index in [0.29, 0.717) is 5.58 Å². The maximum atomic E-state index is 12.0. The molecule has 26 heavy (non-hydrogen) atoms. The Bertz CT molecular complexity index is 1100. The first kappa shape index (κ1) is 17.1. The van der Waals surface area contributed by atoms with Crippen molar-refractivity contribution in [1.82, 2.24) is 0 Å². The van der Waals surface area contributed by atoms with Gasteiger partial charge < -0.3 is 9.15 Å². The summed E-state index contributed by atoms with van der Waals surface area (Å²) in [6, 6.07) is 12.1. The molecule has 0 atom stereocenters. The molecule has 0 fully saturated rings. The van der Waals surface area contributed by atoms with E-state index in [4.69, 9.17) is 9.15 Å². The van der Waals surface area contributed by atoms with Crippen molar-refractivity contribution in [3.05, 3.63) is 86.3 Å². The number of fused-ring (bicyclic) bond motifs is 1. The molecular weight excluding hydrogens is 338 g/mol. The van der Waals surface area contributed by atoms with Gasteiger partial charge in [-0.25, -0.2) is 9.59 Å². The minimum Gasteiger partial charge on any atom is -0.423 e. The van der Waals surface area contributed by atoms with Crippen molar-refractivity contribution < 1.29 is 18.9 Å². The van der Waals surface area contributed by atoms with Crippen LogP contribution in [0.2, 0.25) is 0 Å². The molecule has 0 aliphatic carbocycles. The number of nitro benzene ring substituents is 1. The average Bonchev–Trinajstić information content (AvgIpc) is 2.59. The van der Waals surface area contributed by atoms with Gasteiger partial charge in [-0.15, -0.1) is 0 Å². The van der Waals surface area contributed by atoms with Crippen LogP contribution in [0.4, 0.5) is 5.69 Å². The molecule has 2 aromatic carbocycles. The molecule has 3 aromatic rings. The third kappa shape index (κ3) is 3.67. The Labute approximate surface area is 147 Å². The number of benzene rings is 2. The Morgan fingerprint density at radius 2 is 1.96 bits per heavy atom. The first-order chi connectivity index (χ1) is 12.4. The van der Waals surface area contributed by atoms with Gasteiger partial charge >= 0.3 is 11.6 Å². The maximum absolute atomic E-state index is 12.0. The fourth-order valence-electron chi connectivity index (χ4n) is 2.47. The third-order valence-corrected chi connectivity index (χ3v) is 3.67. The number of ether oxygens (including phenoxy) is 1. The number of aryl methyl sites for hydroxylation is 1. The Hall–Kier alpha value is -3.74. The van der Waals surface area contributed by atoms with Crippen molar-refractivity contribution in [2.24, 2.45) is 0 Å². The van der Waals surface area contributed by atoms with Gasteiger partial charge in [0.25, 0.3) is 5.69 Å². The summed E-state index contributed by atoms with van der Waals surface area (Å²) in [7, 11) is 0. The summed E-state index contributed by atoms with van der Waals surface area (Å²) in [5.74, 6) is -0.513. The van der Waals surface area contributed by atoms with Crippen LogP contribution in [-0.2, 0) is 4.79 Å². The summed E-state index contributed by atoms with van der Waals surface area (Å²) < 4.78 is 10.3. The topological polar surface area (TPSA) is 99.7 Å². The molecule has 0 bridgehead atoms. The van der Waals surface area contributed by atoms with E-state index >= 15 is 0 Å². The van der Waals surface area contributed by atoms with Crippen LogP contribution >= 0.6 is 0 Å². The van der Waals surface area contributed by atoms with Gasteiger partial charge in [-0.1, -0.05) is 12.1 Å². The van der Waals surface area contributed by atoms with Gasteiger partial charge in [0, 0.05) is 29.7 Å². The lowest BCUT2D eigenvalue weighted by Gasteiger charge is -2.04. The van der Waals surface area contributed by atoms with Crippen molar-refractivity contribution in [3.63, 3.8) is 0 Å². The van der Waals surface area contributed by atoms with Gasteiger partial charge in [0.1, 0.15) is 11.3 Å². The van der Waals surface area contributed by atoms with E-state index in [0.717, 1.165) is 17.0 Å². The van der Waals surface area contributed by atoms with Crippen LogP contribution in [0.5, 0.6) is 5.75 Å². The van der Waals surface area contributed by atoms with E-state index in [-0.39, 0.29) is 17.0 Å². The number of hydrogen-bond acceptors (Lipinski definition) is 6. The normalized spacial score (nSPS) is 11.0. The average molecular weight is 351 g/mol. The maximum Gasteiger partial charge on any atom is 0.336 e. The lowest BCUT2D eigenvalue weighted by molar-refractivity contribution is -0.385. The lowest BCUT2D eigenvalue weighted by atomic mass is 10.1. The SMILES string of the molecule is Cc1cc(=O)oc2cc(OC(=O)/C=C/c3ccccc3[N+](=O)[O-])ccc12. The summed E-state index contributed by atoms with van der Waals surface area (Å²) in [5, 5.41) is 11.7. The van der Waals surface area contributed by atoms with E-state index in [1.165, 1.54) is 30.3 Å². The van der Waals surface area contributed by atoms with Crippen molar-refractivity contribution in [2.45, 2.75) is 6.92 Å². The minimum atomic E-state index is -0.711. The summed E-state index contributed by atoms with van der Waals surface area (Å²) in [5.41, 5.74) is 0.747. The fourth-order valence-corrected chi connectivity index (χ4v) is 2.47. The van der Waals surface area contributed by atoms with Crippen LogP contribution in [0, 0.1) is 17.0 Å². The highest BCUT2D eigenvalue weighted by atomic mass is 16.6. The molecule has 0 saturated heterocycles. The van der Waals surface area contributed by atoms with Gasteiger partial charge in [-0.05, 0) is 36.8 Å². The monoisotopic (exact) mass is 351 g/mol. The van der Waals surface area contributed by atoms with E-state index < -0.39 is 16.5 Å². The summed E-state index contributed by atoms with van der Waals surface area (Å²) in [4.78, 5) is 33.8. The smallest absolute Gasteiger partial charge is 0.336 e. The minimum absolute atomic E-state index is 0.112. The molecule has 0 spiro atoms. The summed E-state index contributed by atoms with van der Waals surface area (Å²) in [6.45, 7) is 1.78. The van der Waals surface area contributed by atoms with Gasteiger partial charge in [0.2, 0.25) is 0 Å². The van der Waals surface area contributed by atoms with Gasteiger partial charge in [-0.3, -0.25) is 10.1 Å². The number of rotatable bonds is 4. The molecule has 1 heterocycles. The van der Waals surface area contributed by atoms with Gasteiger partial charge in [0.15, 0.2) is 0 Å². The second-order valence-corrected chi connectivity index (χ2v) is 5.48. The fraction of sp³-hybridized carbons (Fsp3) is 0.0526. The number of esters is 1. The summed E-state index contributed by atoms with van der Waals surface area (Å²) >= 11 is 0. The molecule has 0 N–H and O–H groups in total. The van der Waals surface area contributed by atoms with Crippen molar-refractivity contribution in [3.8, 4) is 5.75 Å². The highest BCUT2D eigenvalue weighted by Crippen LogP contribution is 2.23. The van der Waals surface area contributed by atoms with E-state index in [2.05, 4.69) is 0 Å². The molecule has 0 radical (unpaired) electrons. The molecule has 1 aromatic heterocycles. The summed E-state index contributed by atoms with van der Waals surface area (Å²) in [6.07, 6.45) is 2.41. The van der Waals surface area contributed by atoms with Crippen LogP contribution in [0.15, 0.2) is 63.8 Å². The molecule has 3 rings (SSSR count). The number of nitrogens with zero attached hydrogens (tertiary/aromatic N) is 1. The number of hydrogen-bond donors (Lipinski definition) is 0. The van der Waals surface area contributed by atoms with E-state index in [1.54, 1.807) is 31.2 Å². The number of carbonyl (C=O) groups excluding carboxylic acids is 1. The third-order valence-electron chi connectivity index (χ3n) is 3.67. The van der Waals surface area contributed by atoms with Crippen molar-refractivity contribution in [2.75, 3.05) is 0 Å². The Kier molecular flexibility index (Phi) is 4.62. The Morgan fingerprint density at radius 1 is 1.19 bits per heavy atom. The molecule has 0 aliphatic rings. The van der Waals surface area contributed by atoms with Crippen molar-refractivity contribution >= 4 is 28.7 Å². The van der Waals surface area contributed by atoms with Crippen LogP contribution in [0.1, 0.15) is 11.1 Å². The van der Waals surface area contributed by atoms with E-state index in [9.17, 15) is 19.7 Å². The molecule has 7 nitrogen and oxygen atoms in total. The number of para-hydroxylation sites is 1. The standard InChI is InChI=1S/C19H13NO6/c1-12-10-19(22)26-17-11-14(7-8-15(12)17)25-18(21)9-6-13-4-2-3-5-16(13)20(23)24/h2-11H,1H3/b9-6+. The predicted octanol–water partition coefficient (Wildman–Crippen LogP) is 3.63. The number of carbonyl (C=O) groups is 1. The molecule has 0 amide bonds. The van der Waals surface area contributed by atoms with Crippen LogP contribution < -0.4 is 10.4 Å². The van der Waals surface area contributed by atoms with E-state index in [1.807, 2.05) is 0 Å². The highest BCUT2D eigenvalue weighted by molar-refractivity contribution is 5.90. The zero-order chi connectivity index (χ0) is 18.7. The Morgan fingerprint density at radius 3 is 2.73 bits per heavy atom. The second-order valence-electron chi connectivity index (χ2n) is 5.48. The first-order valence-electron chi connectivity index (χ1n) is 7.62. The molecule has 0 aliphatic heterocycles. The molecular formula is C19H13NO6. The van der Waals surface area contributed by atoms with Crippen LogP contribution in [0.3, 0.4) is 0 Å². The zero-order valence-electron chi connectivity index (χ0n) is 13.7. The first-order valence-corrected chi connectivity index (χ1v) is 7.62. The second kappa shape index (κ2) is 7.02.